The van der Waals surface area contributed by atoms with E-state index in [1.807, 2.05) is 0 Å². The fourth-order valence-corrected chi connectivity index (χ4v) is 3.09. The van der Waals surface area contributed by atoms with Crippen molar-refractivity contribution in [3.63, 3.8) is 0 Å². The third-order valence-electron chi connectivity index (χ3n) is 4.31. The van der Waals surface area contributed by atoms with Gasteiger partial charge in [0, 0.05) is 5.92 Å². The molecule has 0 radical (unpaired) electrons. The van der Waals surface area contributed by atoms with Gasteiger partial charge in [0.25, 0.3) is 0 Å². The Morgan fingerprint density at radius 3 is 2.23 bits per heavy atom. The predicted molar refractivity (Wildman–Crippen MR) is 55.5 cm³/mol. The molecule has 0 aliphatic heterocycles. The van der Waals surface area contributed by atoms with Crippen LogP contribution in [0.3, 0.4) is 0 Å². The van der Waals surface area contributed by atoms with E-state index >= 15 is 0 Å². The smallest absolute Gasteiger partial charge is 0.132 e. The average Bonchev–Trinajstić information content (AvgIpc) is 2.70. The highest BCUT2D eigenvalue weighted by Gasteiger charge is 2.60. The molecule has 4 atom stereocenters. The van der Waals surface area contributed by atoms with E-state index in [4.69, 9.17) is 0 Å². The van der Waals surface area contributed by atoms with Crippen LogP contribution in [0.15, 0.2) is 0 Å². The van der Waals surface area contributed by atoms with Gasteiger partial charge in [-0.2, -0.15) is 0 Å². The molecule has 0 bridgehead atoms. The Kier molecular flexibility index (Phi) is 2.84. The van der Waals surface area contributed by atoms with Gasteiger partial charge in [0.2, 0.25) is 0 Å². The fraction of sp³-hybridized carbons (Fsp3) is 0.917. The van der Waals surface area contributed by atoms with Gasteiger partial charge in [0.15, 0.2) is 0 Å². The molecule has 1 aliphatic carbocycles. The van der Waals surface area contributed by atoms with Gasteiger partial charge in [-0.25, -0.2) is 0 Å². The molecule has 76 valence electrons. The van der Waals surface area contributed by atoms with Crippen LogP contribution in [0.25, 0.3) is 0 Å². The molecule has 0 amide bonds. The van der Waals surface area contributed by atoms with Crippen molar-refractivity contribution >= 4 is 5.78 Å². The van der Waals surface area contributed by atoms with E-state index in [-0.39, 0.29) is 5.92 Å². The van der Waals surface area contributed by atoms with Gasteiger partial charge in [0.05, 0.1) is 0 Å². The van der Waals surface area contributed by atoms with Crippen molar-refractivity contribution in [3.8, 4) is 0 Å². The predicted octanol–water partition coefficient (Wildman–Crippen LogP) is 3.28. The van der Waals surface area contributed by atoms with Crippen molar-refractivity contribution in [3.05, 3.63) is 0 Å². The van der Waals surface area contributed by atoms with Crippen LogP contribution in [0.5, 0.6) is 0 Å². The number of rotatable bonds is 4. The van der Waals surface area contributed by atoms with Gasteiger partial charge in [0.1, 0.15) is 5.78 Å². The first-order valence-electron chi connectivity index (χ1n) is 5.49. The van der Waals surface area contributed by atoms with Gasteiger partial charge in [-0.1, -0.05) is 40.5 Å². The molecule has 0 aromatic rings. The van der Waals surface area contributed by atoms with E-state index < -0.39 is 0 Å². The molecule has 0 aromatic carbocycles. The fourth-order valence-electron chi connectivity index (χ4n) is 3.09. The number of hydrogen-bond acceptors (Lipinski definition) is 1. The van der Waals surface area contributed by atoms with Crippen LogP contribution >= 0.6 is 0 Å². The summed E-state index contributed by atoms with van der Waals surface area (Å²) in [5.74, 6) is 2.08. The molecule has 0 aromatic heterocycles. The van der Waals surface area contributed by atoms with Gasteiger partial charge in [-0.15, -0.1) is 0 Å². The topological polar surface area (TPSA) is 17.1 Å². The molecule has 1 rings (SSSR count). The quantitative estimate of drug-likeness (QED) is 0.652. The largest absolute Gasteiger partial charge is 0.300 e. The van der Waals surface area contributed by atoms with E-state index in [2.05, 4.69) is 27.7 Å². The molecule has 0 saturated heterocycles. The second-order valence-corrected chi connectivity index (χ2v) is 4.80. The molecular weight excluding hydrogens is 160 g/mol. The standard InChI is InChI=1S/C12H22O/c1-6-10-11(8(3)9(4)13)12(10,5)7-2/h8,10-11H,6-7H2,1-5H3/t8?,10-,11+,12?/m0/s1. The van der Waals surface area contributed by atoms with Crippen LogP contribution in [0.4, 0.5) is 0 Å². The summed E-state index contributed by atoms with van der Waals surface area (Å²) in [5, 5.41) is 0. The Labute approximate surface area is 81.9 Å². The highest BCUT2D eigenvalue weighted by atomic mass is 16.1. The normalized spacial score (nSPS) is 40.1. The summed E-state index contributed by atoms with van der Waals surface area (Å²) in [7, 11) is 0. The molecule has 13 heavy (non-hydrogen) atoms. The maximum absolute atomic E-state index is 11.3. The number of hydrogen-bond donors (Lipinski definition) is 0. The van der Waals surface area contributed by atoms with Crippen molar-refractivity contribution in [2.75, 3.05) is 0 Å². The first-order chi connectivity index (χ1) is 5.99. The highest BCUT2D eigenvalue weighted by Crippen LogP contribution is 2.65. The minimum atomic E-state index is 0.273. The molecule has 1 aliphatic rings. The molecule has 1 nitrogen and oxygen atoms in total. The van der Waals surface area contributed by atoms with E-state index in [9.17, 15) is 4.79 Å². The minimum absolute atomic E-state index is 0.273. The number of Topliss-reactive ketones (excluding diaryl/α,β-unsaturated/α-hetero) is 1. The Morgan fingerprint density at radius 2 is 2.00 bits per heavy atom. The Balaban J connectivity index is 2.69. The highest BCUT2D eigenvalue weighted by molar-refractivity contribution is 5.78. The molecule has 0 spiro atoms. The molecular formula is C12H22O. The molecule has 0 N–H and O–H groups in total. The van der Waals surface area contributed by atoms with E-state index in [1.54, 1.807) is 6.92 Å². The van der Waals surface area contributed by atoms with Crippen LogP contribution in [0, 0.1) is 23.2 Å². The van der Waals surface area contributed by atoms with E-state index in [0.717, 1.165) is 5.92 Å². The lowest BCUT2D eigenvalue weighted by molar-refractivity contribution is -0.121. The molecule has 1 heteroatoms. The van der Waals surface area contributed by atoms with Gasteiger partial charge in [-0.05, 0) is 24.2 Å². The Hall–Kier alpha value is -0.330. The Bertz CT molecular complexity index is 209. The van der Waals surface area contributed by atoms with E-state index in [1.165, 1.54) is 12.8 Å². The SMILES string of the molecule is CC[C@H]1[C@@H](C(C)C(C)=O)C1(C)CC. The monoisotopic (exact) mass is 182 g/mol. The second-order valence-electron chi connectivity index (χ2n) is 4.80. The van der Waals surface area contributed by atoms with Crippen molar-refractivity contribution < 1.29 is 4.79 Å². The first kappa shape index (κ1) is 10.7. The lowest BCUT2D eigenvalue weighted by Crippen LogP contribution is -2.12. The third-order valence-corrected chi connectivity index (χ3v) is 4.31. The maximum atomic E-state index is 11.3. The van der Waals surface area contributed by atoms with Gasteiger partial charge >= 0.3 is 0 Å². The van der Waals surface area contributed by atoms with Crippen molar-refractivity contribution in [1.82, 2.24) is 0 Å². The third kappa shape index (κ3) is 1.53. The number of carbonyl (C=O) groups excluding carboxylic acids is 1. The van der Waals surface area contributed by atoms with Gasteiger partial charge in [-0.3, -0.25) is 4.79 Å². The summed E-state index contributed by atoms with van der Waals surface area (Å²) in [4.78, 5) is 11.3. The average molecular weight is 182 g/mol. The summed E-state index contributed by atoms with van der Waals surface area (Å²) >= 11 is 0. The zero-order valence-electron chi connectivity index (χ0n) is 9.55. The summed E-state index contributed by atoms with van der Waals surface area (Å²) in [6.45, 7) is 10.6. The second kappa shape index (κ2) is 3.43. The van der Waals surface area contributed by atoms with Crippen molar-refractivity contribution in [2.24, 2.45) is 23.2 Å². The summed E-state index contributed by atoms with van der Waals surface area (Å²) < 4.78 is 0. The maximum Gasteiger partial charge on any atom is 0.132 e. The van der Waals surface area contributed by atoms with Gasteiger partial charge < -0.3 is 0 Å². The van der Waals surface area contributed by atoms with Crippen LogP contribution < -0.4 is 0 Å². The van der Waals surface area contributed by atoms with Crippen LogP contribution in [-0.4, -0.2) is 5.78 Å². The number of carbonyl (C=O) groups is 1. The minimum Gasteiger partial charge on any atom is -0.300 e. The van der Waals surface area contributed by atoms with Crippen molar-refractivity contribution in [2.45, 2.75) is 47.5 Å². The first-order valence-corrected chi connectivity index (χ1v) is 5.49. The molecule has 2 unspecified atom stereocenters. The lowest BCUT2D eigenvalue weighted by Gasteiger charge is -2.11. The van der Waals surface area contributed by atoms with Crippen LogP contribution in [-0.2, 0) is 4.79 Å². The summed E-state index contributed by atoms with van der Waals surface area (Å²) in [6.07, 6.45) is 2.44. The number of ketones is 1. The molecule has 0 heterocycles. The molecule has 1 saturated carbocycles. The van der Waals surface area contributed by atoms with E-state index in [0.29, 0.717) is 17.1 Å². The van der Waals surface area contributed by atoms with Crippen LogP contribution in [0.2, 0.25) is 0 Å². The summed E-state index contributed by atoms with van der Waals surface area (Å²) in [6, 6.07) is 0. The van der Waals surface area contributed by atoms with Crippen molar-refractivity contribution in [1.29, 1.82) is 0 Å². The zero-order valence-corrected chi connectivity index (χ0v) is 9.55. The summed E-state index contributed by atoms with van der Waals surface area (Å²) in [5.41, 5.74) is 0.458. The van der Waals surface area contributed by atoms with Crippen LogP contribution in [0.1, 0.15) is 47.5 Å². The lowest BCUT2D eigenvalue weighted by atomic mass is 9.93. The Morgan fingerprint density at radius 1 is 1.46 bits per heavy atom. The zero-order chi connectivity index (χ0) is 10.2. The molecule has 1 fully saturated rings.